The third-order valence-corrected chi connectivity index (χ3v) is 1.57. The van der Waals surface area contributed by atoms with Crippen molar-refractivity contribution in [1.82, 2.24) is 4.98 Å². The molecule has 1 aromatic heterocycles. The molecule has 0 amide bonds. The molecule has 1 aromatic rings. The van der Waals surface area contributed by atoms with Gasteiger partial charge in [0.25, 0.3) is 0 Å². The maximum atomic E-state index is 7.07. The van der Waals surface area contributed by atoms with E-state index in [9.17, 15) is 0 Å². The molecule has 0 unspecified atom stereocenters. The fourth-order valence-electron chi connectivity index (χ4n) is 0.680. The van der Waals surface area contributed by atoms with Gasteiger partial charge in [-0.3, -0.25) is 5.41 Å². The number of hydrogen-bond acceptors (Lipinski definition) is 3. The lowest BCUT2D eigenvalue weighted by atomic mass is 10.3. The molecule has 0 aliphatic rings. The van der Waals surface area contributed by atoms with Crippen LogP contribution in [0.15, 0.2) is 16.7 Å². The second-order valence-electron chi connectivity index (χ2n) is 2.01. The molecular formula is C6H7BrN4. The smallest absolute Gasteiger partial charge is 0.143 e. The fourth-order valence-corrected chi connectivity index (χ4v) is 1.03. The average molecular weight is 215 g/mol. The van der Waals surface area contributed by atoms with E-state index in [1.165, 1.54) is 0 Å². The Labute approximate surface area is 72.2 Å². The molecule has 0 bridgehead atoms. The van der Waals surface area contributed by atoms with Gasteiger partial charge >= 0.3 is 0 Å². The summed E-state index contributed by atoms with van der Waals surface area (Å²) >= 11 is 3.19. The van der Waals surface area contributed by atoms with Crippen LogP contribution in [0.1, 0.15) is 5.69 Å². The molecule has 0 atom stereocenters. The molecule has 5 N–H and O–H groups in total. The molecule has 0 radical (unpaired) electrons. The van der Waals surface area contributed by atoms with E-state index in [1.54, 1.807) is 12.3 Å². The molecule has 1 heterocycles. The monoisotopic (exact) mass is 214 g/mol. The van der Waals surface area contributed by atoms with Gasteiger partial charge in [0.15, 0.2) is 0 Å². The second kappa shape index (κ2) is 2.87. The summed E-state index contributed by atoms with van der Waals surface area (Å²) in [5.41, 5.74) is 11.4. The van der Waals surface area contributed by atoms with E-state index in [0.717, 1.165) is 4.47 Å². The van der Waals surface area contributed by atoms with Gasteiger partial charge in [0, 0.05) is 10.7 Å². The van der Waals surface area contributed by atoms with Crippen molar-refractivity contribution >= 4 is 27.5 Å². The quantitative estimate of drug-likeness (QED) is 0.476. The van der Waals surface area contributed by atoms with Crippen molar-refractivity contribution in [3.63, 3.8) is 0 Å². The molecule has 58 valence electrons. The van der Waals surface area contributed by atoms with E-state index in [2.05, 4.69) is 20.9 Å². The molecule has 0 spiro atoms. The van der Waals surface area contributed by atoms with Gasteiger partial charge in [0.1, 0.15) is 11.5 Å². The largest absolute Gasteiger partial charge is 0.397 e. The first-order chi connectivity index (χ1) is 5.11. The molecule has 0 aromatic carbocycles. The highest BCUT2D eigenvalue weighted by molar-refractivity contribution is 9.10. The van der Waals surface area contributed by atoms with Crippen LogP contribution < -0.4 is 11.5 Å². The van der Waals surface area contributed by atoms with Crippen molar-refractivity contribution in [3.8, 4) is 0 Å². The highest BCUT2D eigenvalue weighted by atomic mass is 79.9. The predicted molar refractivity (Wildman–Crippen MR) is 47.4 cm³/mol. The van der Waals surface area contributed by atoms with E-state index in [4.69, 9.17) is 16.9 Å². The van der Waals surface area contributed by atoms with Crippen molar-refractivity contribution < 1.29 is 0 Å². The number of nitrogens with zero attached hydrogens (tertiary/aromatic N) is 1. The highest BCUT2D eigenvalue weighted by Gasteiger charge is 2.02. The van der Waals surface area contributed by atoms with E-state index in [0.29, 0.717) is 11.4 Å². The van der Waals surface area contributed by atoms with Gasteiger partial charge in [-0.25, -0.2) is 4.98 Å². The maximum Gasteiger partial charge on any atom is 0.143 e. The second-order valence-corrected chi connectivity index (χ2v) is 2.92. The highest BCUT2D eigenvalue weighted by Crippen LogP contribution is 2.14. The normalized spacial score (nSPS) is 9.55. The summed E-state index contributed by atoms with van der Waals surface area (Å²) in [6.45, 7) is 0. The minimum Gasteiger partial charge on any atom is -0.397 e. The van der Waals surface area contributed by atoms with Gasteiger partial charge in [-0.05, 0) is 22.0 Å². The van der Waals surface area contributed by atoms with Gasteiger partial charge in [0.05, 0.1) is 5.69 Å². The number of pyridine rings is 1. The summed E-state index contributed by atoms with van der Waals surface area (Å²) in [5, 5.41) is 7.07. The molecule has 11 heavy (non-hydrogen) atoms. The number of nitrogens with two attached hydrogens (primary N) is 2. The summed E-state index contributed by atoms with van der Waals surface area (Å²) in [7, 11) is 0. The Kier molecular flexibility index (Phi) is 2.09. The van der Waals surface area contributed by atoms with Crippen molar-refractivity contribution in [2.24, 2.45) is 5.73 Å². The summed E-state index contributed by atoms with van der Waals surface area (Å²) in [5.74, 6) is -0.116. The lowest BCUT2D eigenvalue weighted by Gasteiger charge is -2.01. The number of nitrogens with one attached hydrogen (secondary N) is 1. The molecule has 5 heteroatoms. The van der Waals surface area contributed by atoms with Crippen molar-refractivity contribution in [2.75, 3.05) is 5.73 Å². The summed E-state index contributed by atoms with van der Waals surface area (Å²) in [6.07, 6.45) is 1.55. The lowest BCUT2D eigenvalue weighted by molar-refractivity contribution is 1.25. The molecule has 0 aliphatic heterocycles. The van der Waals surface area contributed by atoms with Crippen LogP contribution in [-0.2, 0) is 0 Å². The number of hydrogen-bond donors (Lipinski definition) is 3. The van der Waals surface area contributed by atoms with Gasteiger partial charge in [0.2, 0.25) is 0 Å². The molecular weight excluding hydrogens is 208 g/mol. The number of aromatic nitrogens is 1. The van der Waals surface area contributed by atoms with Crippen LogP contribution in [0.5, 0.6) is 0 Å². The molecule has 0 saturated carbocycles. The van der Waals surface area contributed by atoms with E-state index in [1.807, 2.05) is 0 Å². The van der Waals surface area contributed by atoms with Crippen LogP contribution in [0.3, 0.4) is 0 Å². The summed E-state index contributed by atoms with van der Waals surface area (Å²) in [4.78, 5) is 3.86. The number of rotatable bonds is 1. The zero-order chi connectivity index (χ0) is 8.43. The summed E-state index contributed by atoms with van der Waals surface area (Å²) in [6, 6.07) is 1.66. The SMILES string of the molecule is N=C(N)c1ncc(Br)cc1N. The zero-order valence-corrected chi connectivity index (χ0v) is 7.22. The lowest BCUT2D eigenvalue weighted by Crippen LogP contribution is -2.15. The molecule has 4 nitrogen and oxygen atoms in total. The van der Waals surface area contributed by atoms with Crippen molar-refractivity contribution in [1.29, 1.82) is 5.41 Å². The van der Waals surface area contributed by atoms with Gasteiger partial charge in [-0.2, -0.15) is 0 Å². The number of anilines is 1. The Morgan fingerprint density at radius 2 is 2.27 bits per heavy atom. The number of nitrogen functional groups attached to an aromatic ring is 2. The van der Waals surface area contributed by atoms with E-state index < -0.39 is 0 Å². The Hall–Kier alpha value is -1.10. The van der Waals surface area contributed by atoms with Crippen LogP contribution in [0.4, 0.5) is 5.69 Å². The first kappa shape index (κ1) is 8.00. The fraction of sp³-hybridized carbons (Fsp3) is 0. The van der Waals surface area contributed by atoms with E-state index >= 15 is 0 Å². The van der Waals surface area contributed by atoms with Gasteiger partial charge < -0.3 is 11.5 Å². The first-order valence-electron chi connectivity index (χ1n) is 2.86. The zero-order valence-electron chi connectivity index (χ0n) is 5.63. The van der Waals surface area contributed by atoms with E-state index in [-0.39, 0.29) is 5.84 Å². The maximum absolute atomic E-state index is 7.07. The molecule has 0 saturated heterocycles. The number of amidine groups is 1. The average Bonchev–Trinajstić information content (AvgIpc) is 1.85. The van der Waals surface area contributed by atoms with Crippen molar-refractivity contribution in [2.45, 2.75) is 0 Å². The first-order valence-corrected chi connectivity index (χ1v) is 3.66. The Balaban J connectivity index is 3.20. The molecule has 0 fully saturated rings. The van der Waals surface area contributed by atoms with Crippen LogP contribution in [0.2, 0.25) is 0 Å². The van der Waals surface area contributed by atoms with Crippen LogP contribution >= 0.6 is 15.9 Å². The van der Waals surface area contributed by atoms with Crippen molar-refractivity contribution in [3.05, 3.63) is 22.4 Å². The Bertz CT molecular complexity index is 297. The third-order valence-electron chi connectivity index (χ3n) is 1.14. The number of halogens is 1. The van der Waals surface area contributed by atoms with Crippen LogP contribution in [-0.4, -0.2) is 10.8 Å². The molecule has 0 aliphatic carbocycles. The Morgan fingerprint density at radius 3 is 2.73 bits per heavy atom. The van der Waals surface area contributed by atoms with Gasteiger partial charge in [-0.15, -0.1) is 0 Å². The predicted octanol–water partition coefficient (Wildman–Crippen LogP) is 0.710. The van der Waals surface area contributed by atoms with Crippen LogP contribution in [0, 0.1) is 5.41 Å². The minimum atomic E-state index is -0.116. The van der Waals surface area contributed by atoms with Crippen LogP contribution in [0.25, 0.3) is 0 Å². The standard InChI is InChI=1S/C6H7BrN4/c7-3-1-4(8)5(6(9)10)11-2-3/h1-2H,8H2,(H3,9,10). The summed E-state index contributed by atoms with van der Waals surface area (Å²) < 4.78 is 0.778. The van der Waals surface area contributed by atoms with Gasteiger partial charge in [-0.1, -0.05) is 0 Å². The third kappa shape index (κ3) is 1.68. The molecule has 1 rings (SSSR count). The topological polar surface area (TPSA) is 88.8 Å². The minimum absolute atomic E-state index is 0.116. The Morgan fingerprint density at radius 1 is 1.64 bits per heavy atom.